The molecule has 0 unspecified atom stereocenters. The van der Waals surface area contributed by atoms with Crippen molar-refractivity contribution in [1.82, 2.24) is 9.97 Å². The number of benzene rings is 2. The van der Waals surface area contributed by atoms with Crippen LogP contribution >= 0.6 is 0 Å². The molecule has 0 aliphatic rings. The van der Waals surface area contributed by atoms with Gasteiger partial charge in [0.05, 0.1) is 0 Å². The number of hydrogen-bond acceptors (Lipinski definition) is 2. The third-order valence-corrected chi connectivity index (χ3v) is 3.58. The number of H-pyrrole nitrogens is 2. The van der Waals surface area contributed by atoms with Gasteiger partial charge in [0, 0.05) is 24.1 Å². The molecule has 0 saturated carbocycles. The molecule has 1 heterocycles. The molecule has 0 amide bonds. The molecule has 4 nitrogen and oxygen atoms in total. The standard InChI is InChI=1S/C18H16N2O2/c21-17-15(11-13-7-3-1-4-8-13)16(19-18(22)20-17)12-14-9-5-2-6-10-14/h1-10H,11-12H2,(H2,19,20,21,22). The quantitative estimate of drug-likeness (QED) is 0.774. The second-order valence-corrected chi connectivity index (χ2v) is 5.19. The third kappa shape index (κ3) is 3.23. The normalized spacial score (nSPS) is 10.5. The van der Waals surface area contributed by atoms with Gasteiger partial charge in [0.1, 0.15) is 0 Å². The van der Waals surface area contributed by atoms with Gasteiger partial charge < -0.3 is 4.98 Å². The van der Waals surface area contributed by atoms with Crippen LogP contribution in [0.25, 0.3) is 0 Å². The molecule has 110 valence electrons. The topological polar surface area (TPSA) is 65.7 Å². The maximum atomic E-state index is 12.2. The lowest BCUT2D eigenvalue weighted by atomic mass is 10.0. The summed E-state index contributed by atoms with van der Waals surface area (Å²) in [4.78, 5) is 28.9. The van der Waals surface area contributed by atoms with E-state index in [4.69, 9.17) is 0 Å². The first-order chi connectivity index (χ1) is 10.7. The van der Waals surface area contributed by atoms with E-state index < -0.39 is 5.69 Å². The van der Waals surface area contributed by atoms with Gasteiger partial charge in [-0.15, -0.1) is 0 Å². The van der Waals surface area contributed by atoms with Gasteiger partial charge in [-0.2, -0.15) is 0 Å². The summed E-state index contributed by atoms with van der Waals surface area (Å²) in [7, 11) is 0. The van der Waals surface area contributed by atoms with Crippen molar-refractivity contribution in [3.05, 3.63) is 104 Å². The van der Waals surface area contributed by atoms with Crippen LogP contribution in [0.2, 0.25) is 0 Å². The average molecular weight is 292 g/mol. The fourth-order valence-corrected chi connectivity index (χ4v) is 2.50. The van der Waals surface area contributed by atoms with Crippen molar-refractivity contribution < 1.29 is 0 Å². The van der Waals surface area contributed by atoms with Crippen LogP contribution in [0.5, 0.6) is 0 Å². The van der Waals surface area contributed by atoms with Crippen molar-refractivity contribution in [3.63, 3.8) is 0 Å². The van der Waals surface area contributed by atoms with E-state index >= 15 is 0 Å². The van der Waals surface area contributed by atoms with Gasteiger partial charge in [-0.05, 0) is 11.1 Å². The highest BCUT2D eigenvalue weighted by Crippen LogP contribution is 2.12. The summed E-state index contributed by atoms with van der Waals surface area (Å²) in [5, 5.41) is 0. The minimum absolute atomic E-state index is 0.321. The number of aromatic nitrogens is 2. The second kappa shape index (κ2) is 6.26. The molecule has 2 N–H and O–H groups in total. The van der Waals surface area contributed by atoms with Gasteiger partial charge in [0.15, 0.2) is 0 Å². The molecular formula is C18H16N2O2. The molecule has 0 aliphatic heterocycles. The Hall–Kier alpha value is -2.88. The molecule has 0 radical (unpaired) electrons. The van der Waals surface area contributed by atoms with Crippen molar-refractivity contribution >= 4 is 0 Å². The molecule has 0 aliphatic carbocycles. The van der Waals surface area contributed by atoms with Gasteiger partial charge in [0.25, 0.3) is 5.56 Å². The summed E-state index contributed by atoms with van der Waals surface area (Å²) in [5.74, 6) is 0. The van der Waals surface area contributed by atoms with E-state index in [0.29, 0.717) is 24.1 Å². The highest BCUT2D eigenvalue weighted by Gasteiger charge is 2.10. The van der Waals surface area contributed by atoms with Crippen molar-refractivity contribution in [2.45, 2.75) is 12.8 Å². The summed E-state index contributed by atoms with van der Waals surface area (Å²) in [6, 6.07) is 19.5. The largest absolute Gasteiger partial charge is 0.325 e. The monoisotopic (exact) mass is 292 g/mol. The molecule has 22 heavy (non-hydrogen) atoms. The van der Waals surface area contributed by atoms with Crippen LogP contribution in [0.15, 0.2) is 70.3 Å². The molecule has 0 atom stereocenters. The second-order valence-electron chi connectivity index (χ2n) is 5.19. The van der Waals surface area contributed by atoms with Gasteiger partial charge in [-0.25, -0.2) is 4.79 Å². The molecule has 0 saturated heterocycles. The van der Waals surface area contributed by atoms with Crippen LogP contribution in [0.3, 0.4) is 0 Å². The summed E-state index contributed by atoms with van der Waals surface area (Å²) in [6.45, 7) is 0. The highest BCUT2D eigenvalue weighted by atomic mass is 16.2. The van der Waals surface area contributed by atoms with E-state index in [1.54, 1.807) is 0 Å². The van der Waals surface area contributed by atoms with Crippen molar-refractivity contribution in [3.8, 4) is 0 Å². The Morgan fingerprint density at radius 2 is 1.23 bits per heavy atom. The minimum Gasteiger partial charge on any atom is -0.311 e. The Labute approximate surface area is 127 Å². The van der Waals surface area contributed by atoms with E-state index in [2.05, 4.69) is 9.97 Å². The van der Waals surface area contributed by atoms with Crippen molar-refractivity contribution in [1.29, 1.82) is 0 Å². The Bertz CT molecular complexity index is 865. The zero-order valence-electron chi connectivity index (χ0n) is 12.0. The highest BCUT2D eigenvalue weighted by molar-refractivity contribution is 5.30. The summed E-state index contributed by atoms with van der Waals surface area (Å²) >= 11 is 0. The first-order valence-corrected chi connectivity index (χ1v) is 7.14. The molecule has 1 aromatic heterocycles. The molecule has 0 fully saturated rings. The fraction of sp³-hybridized carbons (Fsp3) is 0.111. The predicted octanol–water partition coefficient (Wildman–Crippen LogP) is 2.24. The Morgan fingerprint density at radius 3 is 1.82 bits per heavy atom. The lowest BCUT2D eigenvalue weighted by molar-refractivity contribution is 0.900. The molecule has 3 rings (SSSR count). The molecule has 0 bridgehead atoms. The van der Waals surface area contributed by atoms with Crippen LogP contribution in [0.4, 0.5) is 0 Å². The van der Waals surface area contributed by atoms with Crippen LogP contribution in [-0.2, 0) is 12.8 Å². The molecule has 2 aromatic carbocycles. The van der Waals surface area contributed by atoms with Crippen molar-refractivity contribution in [2.75, 3.05) is 0 Å². The van der Waals surface area contributed by atoms with Crippen LogP contribution < -0.4 is 11.2 Å². The maximum absolute atomic E-state index is 12.2. The lowest BCUT2D eigenvalue weighted by Crippen LogP contribution is -2.28. The van der Waals surface area contributed by atoms with Crippen molar-refractivity contribution in [2.24, 2.45) is 0 Å². The van der Waals surface area contributed by atoms with Gasteiger partial charge in [-0.3, -0.25) is 9.78 Å². The van der Waals surface area contributed by atoms with Crippen LogP contribution in [-0.4, -0.2) is 9.97 Å². The van der Waals surface area contributed by atoms with E-state index in [0.717, 1.165) is 11.1 Å². The Morgan fingerprint density at radius 1 is 0.682 bits per heavy atom. The van der Waals surface area contributed by atoms with E-state index in [-0.39, 0.29) is 5.56 Å². The average Bonchev–Trinajstić information content (AvgIpc) is 2.53. The molecular weight excluding hydrogens is 276 g/mol. The Kier molecular flexibility index (Phi) is 4.01. The lowest BCUT2D eigenvalue weighted by Gasteiger charge is -2.08. The smallest absolute Gasteiger partial charge is 0.311 e. The maximum Gasteiger partial charge on any atom is 0.325 e. The molecule has 3 aromatic rings. The first-order valence-electron chi connectivity index (χ1n) is 7.14. The van der Waals surface area contributed by atoms with E-state index in [1.165, 1.54) is 0 Å². The van der Waals surface area contributed by atoms with Crippen LogP contribution in [0.1, 0.15) is 22.4 Å². The molecule has 0 spiro atoms. The van der Waals surface area contributed by atoms with E-state index in [9.17, 15) is 9.59 Å². The number of hydrogen-bond donors (Lipinski definition) is 2. The van der Waals surface area contributed by atoms with Gasteiger partial charge in [0.2, 0.25) is 0 Å². The fourth-order valence-electron chi connectivity index (χ4n) is 2.50. The summed E-state index contributed by atoms with van der Waals surface area (Å²) in [6.07, 6.45) is 1.03. The molecule has 4 heteroatoms. The zero-order chi connectivity index (χ0) is 15.4. The van der Waals surface area contributed by atoms with Crippen LogP contribution in [0, 0.1) is 0 Å². The minimum atomic E-state index is -0.465. The first kappa shape index (κ1) is 14.1. The third-order valence-electron chi connectivity index (χ3n) is 3.58. The summed E-state index contributed by atoms with van der Waals surface area (Å²) in [5.41, 5.74) is 2.58. The van der Waals surface area contributed by atoms with Gasteiger partial charge in [-0.1, -0.05) is 60.7 Å². The van der Waals surface area contributed by atoms with Gasteiger partial charge >= 0.3 is 5.69 Å². The SMILES string of the molecule is O=c1[nH]c(Cc2ccccc2)c(Cc2ccccc2)c(=O)[nH]1. The number of aromatic amines is 2. The number of rotatable bonds is 4. The Balaban J connectivity index is 2.01. The summed E-state index contributed by atoms with van der Waals surface area (Å²) < 4.78 is 0. The zero-order valence-corrected chi connectivity index (χ0v) is 12.0. The van der Waals surface area contributed by atoms with E-state index in [1.807, 2.05) is 60.7 Å². The number of nitrogens with one attached hydrogen (secondary N) is 2. The predicted molar refractivity (Wildman–Crippen MR) is 86.2 cm³/mol.